The number of ether oxygens (including phenoxy) is 5. The average Bonchev–Trinajstić information content (AvgIpc) is 2.68. The number of rotatable bonds is 4. The Labute approximate surface area is 159 Å². The second-order valence-corrected chi connectivity index (χ2v) is 6.99. The van der Waals surface area contributed by atoms with Gasteiger partial charge in [-0.15, -0.1) is 0 Å². The standard InChI is InChI=1S/C15H26O13/c16-4-1-25-14(11(21)7(4)17)28-6-3-26-15(12(22)9(6)19)27-5-2-24-13(23)10(20)8(5)18/h4-23H,1-3H2/t4-,5-,6-,7+,8+,9+,10-,11-,12-,13-,14+,15-/m1/s1. The van der Waals surface area contributed by atoms with E-state index in [0.29, 0.717) is 0 Å². The Morgan fingerprint density at radius 3 is 1.57 bits per heavy atom. The molecule has 3 fully saturated rings. The second kappa shape index (κ2) is 9.09. The molecule has 0 amide bonds. The fourth-order valence-electron chi connectivity index (χ4n) is 3.15. The largest absolute Gasteiger partial charge is 0.388 e. The van der Waals surface area contributed by atoms with Crippen LogP contribution in [-0.4, -0.2) is 134 Å². The molecule has 0 bridgehead atoms. The van der Waals surface area contributed by atoms with E-state index in [9.17, 15) is 40.9 Å². The zero-order valence-electron chi connectivity index (χ0n) is 14.7. The van der Waals surface area contributed by atoms with E-state index in [1.807, 2.05) is 0 Å². The zero-order valence-corrected chi connectivity index (χ0v) is 14.7. The molecule has 3 heterocycles. The van der Waals surface area contributed by atoms with E-state index in [2.05, 4.69) is 0 Å². The summed E-state index contributed by atoms with van der Waals surface area (Å²) in [5, 5.41) is 78.3. The maximum atomic E-state index is 10.3. The topological polar surface area (TPSA) is 208 Å². The van der Waals surface area contributed by atoms with Crippen LogP contribution in [-0.2, 0) is 23.7 Å². The van der Waals surface area contributed by atoms with E-state index in [4.69, 9.17) is 23.7 Å². The van der Waals surface area contributed by atoms with Crippen LogP contribution in [0, 0.1) is 0 Å². The Balaban J connectivity index is 1.54. The smallest absolute Gasteiger partial charge is 0.186 e. The molecule has 28 heavy (non-hydrogen) atoms. The van der Waals surface area contributed by atoms with Crippen LogP contribution < -0.4 is 0 Å². The van der Waals surface area contributed by atoms with Crippen molar-refractivity contribution < 1.29 is 64.5 Å². The normalized spacial score (nSPS) is 53.1. The first kappa shape index (κ1) is 22.2. The van der Waals surface area contributed by atoms with Gasteiger partial charge in [0.15, 0.2) is 18.9 Å². The molecule has 0 saturated carbocycles. The van der Waals surface area contributed by atoms with E-state index in [-0.39, 0.29) is 19.8 Å². The van der Waals surface area contributed by atoms with Gasteiger partial charge < -0.3 is 64.5 Å². The van der Waals surface area contributed by atoms with Crippen LogP contribution in [0.5, 0.6) is 0 Å². The third-order valence-electron chi connectivity index (χ3n) is 4.96. The van der Waals surface area contributed by atoms with Gasteiger partial charge >= 0.3 is 0 Å². The molecule has 3 aliphatic rings. The first-order chi connectivity index (χ1) is 13.2. The lowest BCUT2D eigenvalue weighted by Crippen LogP contribution is -2.61. The van der Waals surface area contributed by atoms with Crippen LogP contribution in [0.2, 0.25) is 0 Å². The minimum absolute atomic E-state index is 0.287. The predicted octanol–water partition coefficient (Wildman–Crippen LogP) is -5.66. The molecule has 3 rings (SSSR count). The Hall–Kier alpha value is -0.520. The lowest BCUT2D eigenvalue weighted by molar-refractivity contribution is -0.346. The maximum Gasteiger partial charge on any atom is 0.186 e. The van der Waals surface area contributed by atoms with Gasteiger partial charge in [0.05, 0.1) is 19.8 Å². The summed E-state index contributed by atoms with van der Waals surface area (Å²) in [7, 11) is 0. The zero-order chi connectivity index (χ0) is 20.6. The highest BCUT2D eigenvalue weighted by atomic mass is 16.7. The molecule has 3 saturated heterocycles. The first-order valence-electron chi connectivity index (χ1n) is 8.81. The summed E-state index contributed by atoms with van der Waals surface area (Å²) in [6, 6.07) is 0. The average molecular weight is 414 g/mol. The van der Waals surface area contributed by atoms with Gasteiger partial charge in [0.2, 0.25) is 0 Å². The fraction of sp³-hybridized carbons (Fsp3) is 1.00. The van der Waals surface area contributed by atoms with Crippen LogP contribution in [0.1, 0.15) is 0 Å². The van der Waals surface area contributed by atoms with Gasteiger partial charge in [-0.3, -0.25) is 0 Å². The molecule has 13 nitrogen and oxygen atoms in total. The molecule has 164 valence electrons. The molecule has 0 aromatic carbocycles. The van der Waals surface area contributed by atoms with E-state index < -0.39 is 73.8 Å². The van der Waals surface area contributed by atoms with Crippen molar-refractivity contribution >= 4 is 0 Å². The molecule has 3 aliphatic heterocycles. The molecule has 0 aromatic heterocycles. The van der Waals surface area contributed by atoms with Crippen LogP contribution in [0.15, 0.2) is 0 Å². The number of hydrogen-bond acceptors (Lipinski definition) is 13. The van der Waals surface area contributed by atoms with Crippen molar-refractivity contribution in [3.05, 3.63) is 0 Å². The molecule has 0 aromatic rings. The summed E-state index contributed by atoms with van der Waals surface area (Å²) >= 11 is 0. The van der Waals surface area contributed by atoms with E-state index in [0.717, 1.165) is 0 Å². The van der Waals surface area contributed by atoms with Crippen LogP contribution in [0.25, 0.3) is 0 Å². The molecule has 8 N–H and O–H groups in total. The molecule has 0 radical (unpaired) electrons. The van der Waals surface area contributed by atoms with Crippen molar-refractivity contribution in [2.45, 2.75) is 73.8 Å². The van der Waals surface area contributed by atoms with Gasteiger partial charge in [0.1, 0.15) is 54.9 Å². The van der Waals surface area contributed by atoms with Gasteiger partial charge in [0, 0.05) is 0 Å². The Morgan fingerprint density at radius 2 is 0.964 bits per heavy atom. The lowest BCUT2D eigenvalue weighted by atomic mass is 10.0. The number of hydrogen-bond donors (Lipinski definition) is 8. The van der Waals surface area contributed by atoms with E-state index in [1.54, 1.807) is 0 Å². The highest BCUT2D eigenvalue weighted by molar-refractivity contribution is 4.89. The fourth-order valence-corrected chi connectivity index (χ4v) is 3.15. The minimum Gasteiger partial charge on any atom is -0.388 e. The van der Waals surface area contributed by atoms with Gasteiger partial charge in [-0.25, -0.2) is 0 Å². The molecule has 13 heteroatoms. The summed E-state index contributed by atoms with van der Waals surface area (Å²) in [5.74, 6) is 0. The lowest BCUT2D eigenvalue weighted by Gasteiger charge is -2.43. The Bertz CT molecular complexity index is 464. The second-order valence-electron chi connectivity index (χ2n) is 6.99. The van der Waals surface area contributed by atoms with Crippen LogP contribution >= 0.6 is 0 Å². The quantitative estimate of drug-likeness (QED) is 0.216. The Morgan fingerprint density at radius 1 is 0.500 bits per heavy atom. The van der Waals surface area contributed by atoms with Crippen molar-refractivity contribution in [1.82, 2.24) is 0 Å². The molecule has 0 spiro atoms. The summed E-state index contributed by atoms with van der Waals surface area (Å²) in [6.07, 6.45) is -17.3. The number of aliphatic hydroxyl groups is 8. The highest BCUT2D eigenvalue weighted by Crippen LogP contribution is 2.26. The molecular weight excluding hydrogens is 388 g/mol. The van der Waals surface area contributed by atoms with E-state index >= 15 is 0 Å². The SMILES string of the molecule is O[C@@H]1[C@@H](O)[C@H](O[C@@H]2CO[C@H](O[C@@H]3CO[C@@H](O)[C@H](O)[C@H]3O)[C@H](O)[C@H]2O)OC[C@H]1O. The number of aliphatic hydroxyl groups excluding tert-OH is 8. The molecule has 0 unspecified atom stereocenters. The third-order valence-corrected chi connectivity index (χ3v) is 4.96. The summed E-state index contributed by atoms with van der Waals surface area (Å²) in [4.78, 5) is 0. The molecular formula is C15H26O13. The van der Waals surface area contributed by atoms with Crippen molar-refractivity contribution in [2.75, 3.05) is 19.8 Å². The van der Waals surface area contributed by atoms with Crippen LogP contribution in [0.4, 0.5) is 0 Å². The predicted molar refractivity (Wildman–Crippen MR) is 83.2 cm³/mol. The maximum absolute atomic E-state index is 10.3. The summed E-state index contributed by atoms with van der Waals surface area (Å²) in [5.41, 5.74) is 0. The van der Waals surface area contributed by atoms with Crippen LogP contribution in [0.3, 0.4) is 0 Å². The minimum atomic E-state index is -1.63. The van der Waals surface area contributed by atoms with Gasteiger partial charge in [-0.1, -0.05) is 0 Å². The monoisotopic (exact) mass is 414 g/mol. The molecule has 0 aliphatic carbocycles. The van der Waals surface area contributed by atoms with Crippen molar-refractivity contribution in [2.24, 2.45) is 0 Å². The summed E-state index contributed by atoms with van der Waals surface area (Å²) < 4.78 is 25.9. The van der Waals surface area contributed by atoms with Gasteiger partial charge in [-0.05, 0) is 0 Å². The summed E-state index contributed by atoms with van der Waals surface area (Å²) in [6.45, 7) is -0.887. The Kier molecular flexibility index (Phi) is 7.20. The third kappa shape index (κ3) is 4.46. The molecule has 12 atom stereocenters. The van der Waals surface area contributed by atoms with Gasteiger partial charge in [0.25, 0.3) is 0 Å². The van der Waals surface area contributed by atoms with Gasteiger partial charge in [-0.2, -0.15) is 0 Å². The van der Waals surface area contributed by atoms with Crippen molar-refractivity contribution in [3.63, 3.8) is 0 Å². The van der Waals surface area contributed by atoms with Crippen molar-refractivity contribution in [3.8, 4) is 0 Å². The highest BCUT2D eigenvalue weighted by Gasteiger charge is 2.47. The van der Waals surface area contributed by atoms with Crippen molar-refractivity contribution in [1.29, 1.82) is 0 Å². The first-order valence-corrected chi connectivity index (χ1v) is 8.81. The van der Waals surface area contributed by atoms with E-state index in [1.165, 1.54) is 0 Å².